The normalized spacial score (nSPS) is 10.5. The third kappa shape index (κ3) is 4.41. The zero-order valence-corrected chi connectivity index (χ0v) is 13.4. The van der Waals surface area contributed by atoms with Crippen LogP contribution in [0, 0.1) is 0 Å². The van der Waals surface area contributed by atoms with Crippen molar-refractivity contribution in [2.75, 3.05) is 32.5 Å². The minimum absolute atomic E-state index is 0.191. The highest BCUT2D eigenvalue weighted by Crippen LogP contribution is 2.17. The molecule has 0 saturated carbocycles. The molecule has 2 N–H and O–H groups in total. The molecule has 6 heteroatoms. The van der Waals surface area contributed by atoms with E-state index in [-0.39, 0.29) is 11.8 Å². The second-order valence-corrected chi connectivity index (χ2v) is 5.98. The van der Waals surface area contributed by atoms with Gasteiger partial charge in [-0.2, -0.15) is 0 Å². The van der Waals surface area contributed by atoms with Gasteiger partial charge < -0.3 is 15.5 Å². The Labute approximate surface area is 134 Å². The SMILES string of the molecule is CN(C)CCNC(=O)c1ccccc1NC(=O)c1cccs1. The standard InChI is InChI=1S/C16H19N3O2S/c1-19(2)10-9-17-15(20)12-6-3-4-7-13(12)18-16(21)14-8-5-11-22-14/h3-8,11H,9-10H2,1-2H3,(H,17,20)(H,18,21). The van der Waals surface area contributed by atoms with Crippen LogP contribution in [0.4, 0.5) is 5.69 Å². The minimum atomic E-state index is -0.205. The van der Waals surface area contributed by atoms with Gasteiger partial charge in [0.15, 0.2) is 0 Å². The number of nitrogens with one attached hydrogen (secondary N) is 2. The van der Waals surface area contributed by atoms with Gasteiger partial charge in [-0.3, -0.25) is 9.59 Å². The lowest BCUT2D eigenvalue weighted by atomic mass is 10.1. The number of amides is 2. The molecule has 5 nitrogen and oxygen atoms in total. The zero-order chi connectivity index (χ0) is 15.9. The van der Waals surface area contributed by atoms with Crippen molar-refractivity contribution in [1.29, 1.82) is 0 Å². The molecule has 0 atom stereocenters. The third-order valence-electron chi connectivity index (χ3n) is 3.01. The summed E-state index contributed by atoms with van der Waals surface area (Å²) in [6.07, 6.45) is 0. The van der Waals surface area contributed by atoms with Crippen LogP contribution in [0.2, 0.25) is 0 Å². The summed E-state index contributed by atoms with van der Waals surface area (Å²) in [6.45, 7) is 1.31. The van der Waals surface area contributed by atoms with Crippen LogP contribution in [0.15, 0.2) is 41.8 Å². The van der Waals surface area contributed by atoms with Crippen LogP contribution in [0.3, 0.4) is 0 Å². The largest absolute Gasteiger partial charge is 0.351 e. The Kier molecular flexibility index (Phi) is 5.68. The Bertz CT molecular complexity index is 639. The molecule has 116 valence electrons. The number of hydrogen-bond donors (Lipinski definition) is 2. The number of benzene rings is 1. The van der Waals surface area contributed by atoms with Crippen molar-refractivity contribution < 1.29 is 9.59 Å². The Morgan fingerprint density at radius 3 is 2.55 bits per heavy atom. The molecule has 22 heavy (non-hydrogen) atoms. The first kappa shape index (κ1) is 16.2. The first-order valence-electron chi connectivity index (χ1n) is 6.94. The van der Waals surface area contributed by atoms with E-state index in [0.717, 1.165) is 6.54 Å². The van der Waals surface area contributed by atoms with E-state index in [1.54, 1.807) is 30.3 Å². The minimum Gasteiger partial charge on any atom is -0.351 e. The number of rotatable bonds is 6. The Balaban J connectivity index is 2.06. The van der Waals surface area contributed by atoms with Crippen molar-refractivity contribution in [2.45, 2.75) is 0 Å². The van der Waals surface area contributed by atoms with Gasteiger partial charge in [0.2, 0.25) is 0 Å². The summed E-state index contributed by atoms with van der Waals surface area (Å²) in [6, 6.07) is 10.6. The molecule has 0 aliphatic rings. The number of likely N-dealkylation sites (N-methyl/N-ethyl adjacent to an activating group) is 1. The molecule has 2 aromatic rings. The predicted octanol–water partition coefficient (Wildman–Crippen LogP) is 2.29. The number of anilines is 1. The highest BCUT2D eigenvalue weighted by atomic mass is 32.1. The number of hydrogen-bond acceptors (Lipinski definition) is 4. The van der Waals surface area contributed by atoms with E-state index in [0.29, 0.717) is 22.7 Å². The van der Waals surface area contributed by atoms with E-state index in [1.165, 1.54) is 11.3 Å². The second kappa shape index (κ2) is 7.72. The van der Waals surface area contributed by atoms with Gasteiger partial charge in [0.1, 0.15) is 0 Å². The van der Waals surface area contributed by atoms with Gasteiger partial charge in [-0.05, 0) is 37.7 Å². The number of carbonyl (C=O) groups excluding carboxylic acids is 2. The molecule has 0 aliphatic heterocycles. The average Bonchev–Trinajstić information content (AvgIpc) is 3.01. The first-order chi connectivity index (χ1) is 10.6. The molecule has 1 heterocycles. The zero-order valence-electron chi connectivity index (χ0n) is 12.6. The molecular weight excluding hydrogens is 298 g/mol. The van der Waals surface area contributed by atoms with Crippen LogP contribution in [0.5, 0.6) is 0 Å². The summed E-state index contributed by atoms with van der Waals surface area (Å²) in [7, 11) is 3.89. The summed E-state index contributed by atoms with van der Waals surface area (Å²) < 4.78 is 0. The van der Waals surface area contributed by atoms with Crippen molar-refractivity contribution in [2.24, 2.45) is 0 Å². The van der Waals surface area contributed by atoms with Crippen molar-refractivity contribution in [3.63, 3.8) is 0 Å². The smallest absolute Gasteiger partial charge is 0.265 e. The van der Waals surface area contributed by atoms with Crippen molar-refractivity contribution in [3.05, 3.63) is 52.2 Å². The molecule has 0 radical (unpaired) electrons. The first-order valence-corrected chi connectivity index (χ1v) is 7.82. The molecule has 0 saturated heterocycles. The van der Waals surface area contributed by atoms with Crippen LogP contribution >= 0.6 is 11.3 Å². The van der Waals surface area contributed by atoms with Crippen LogP contribution in [-0.2, 0) is 0 Å². The fourth-order valence-corrected chi connectivity index (χ4v) is 2.49. The maximum absolute atomic E-state index is 12.2. The highest BCUT2D eigenvalue weighted by molar-refractivity contribution is 7.12. The summed E-state index contributed by atoms with van der Waals surface area (Å²) >= 11 is 1.36. The fourth-order valence-electron chi connectivity index (χ4n) is 1.87. The van der Waals surface area contributed by atoms with Gasteiger partial charge in [0.05, 0.1) is 16.1 Å². The van der Waals surface area contributed by atoms with Gasteiger partial charge in [-0.25, -0.2) is 0 Å². The van der Waals surface area contributed by atoms with E-state index in [9.17, 15) is 9.59 Å². The summed E-state index contributed by atoms with van der Waals surface area (Å²) in [5.41, 5.74) is 0.981. The molecule has 0 fully saturated rings. The van der Waals surface area contributed by atoms with Gasteiger partial charge in [-0.1, -0.05) is 18.2 Å². The number of thiophene rings is 1. The number of nitrogens with zero attached hydrogens (tertiary/aromatic N) is 1. The predicted molar refractivity (Wildman–Crippen MR) is 89.6 cm³/mol. The summed E-state index contributed by atoms with van der Waals surface area (Å²) in [5.74, 6) is -0.396. The molecule has 1 aromatic heterocycles. The van der Waals surface area contributed by atoms with E-state index in [4.69, 9.17) is 0 Å². The molecule has 1 aromatic carbocycles. The van der Waals surface area contributed by atoms with Crippen LogP contribution < -0.4 is 10.6 Å². The molecule has 0 bridgehead atoms. The van der Waals surface area contributed by atoms with Crippen molar-refractivity contribution in [3.8, 4) is 0 Å². The van der Waals surface area contributed by atoms with Crippen molar-refractivity contribution in [1.82, 2.24) is 10.2 Å². The summed E-state index contributed by atoms with van der Waals surface area (Å²) in [4.78, 5) is 27.0. The quantitative estimate of drug-likeness (QED) is 0.859. The summed E-state index contributed by atoms with van der Waals surface area (Å²) in [5, 5.41) is 7.48. The average molecular weight is 317 g/mol. The lowest BCUT2D eigenvalue weighted by molar-refractivity contribution is 0.0952. The lowest BCUT2D eigenvalue weighted by Crippen LogP contribution is -2.31. The van der Waals surface area contributed by atoms with E-state index in [1.807, 2.05) is 30.4 Å². The van der Waals surface area contributed by atoms with Gasteiger partial charge in [-0.15, -0.1) is 11.3 Å². The van der Waals surface area contributed by atoms with Gasteiger partial charge >= 0.3 is 0 Å². The fraction of sp³-hybridized carbons (Fsp3) is 0.250. The number of para-hydroxylation sites is 1. The van der Waals surface area contributed by atoms with Crippen LogP contribution in [0.25, 0.3) is 0 Å². The highest BCUT2D eigenvalue weighted by Gasteiger charge is 2.14. The van der Waals surface area contributed by atoms with E-state index < -0.39 is 0 Å². The maximum Gasteiger partial charge on any atom is 0.265 e. The van der Waals surface area contributed by atoms with Gasteiger partial charge in [0.25, 0.3) is 11.8 Å². The topological polar surface area (TPSA) is 61.4 Å². The van der Waals surface area contributed by atoms with Gasteiger partial charge in [0, 0.05) is 13.1 Å². The Hall–Kier alpha value is -2.18. The monoisotopic (exact) mass is 317 g/mol. The number of carbonyl (C=O) groups is 2. The molecule has 2 rings (SSSR count). The molecule has 0 aliphatic carbocycles. The van der Waals surface area contributed by atoms with Crippen molar-refractivity contribution >= 4 is 28.8 Å². The Morgan fingerprint density at radius 1 is 1.09 bits per heavy atom. The van der Waals surface area contributed by atoms with E-state index in [2.05, 4.69) is 10.6 Å². The second-order valence-electron chi connectivity index (χ2n) is 5.04. The van der Waals surface area contributed by atoms with E-state index >= 15 is 0 Å². The lowest BCUT2D eigenvalue weighted by Gasteiger charge is -2.13. The molecule has 2 amide bonds. The van der Waals surface area contributed by atoms with Crippen LogP contribution in [0.1, 0.15) is 20.0 Å². The maximum atomic E-state index is 12.2. The molecule has 0 spiro atoms. The molecular formula is C16H19N3O2S. The van der Waals surface area contributed by atoms with Crippen LogP contribution in [-0.4, -0.2) is 43.9 Å². The Morgan fingerprint density at radius 2 is 1.86 bits per heavy atom. The third-order valence-corrected chi connectivity index (χ3v) is 3.88. The molecule has 0 unspecified atom stereocenters.